The van der Waals surface area contributed by atoms with Crippen LogP contribution >= 0.6 is 0 Å². The molecule has 0 N–H and O–H groups in total. The van der Waals surface area contributed by atoms with Crippen LogP contribution in [0.15, 0.2) is 30.3 Å². The van der Waals surface area contributed by atoms with Gasteiger partial charge in [-0.25, -0.2) is 0 Å². The predicted octanol–water partition coefficient (Wildman–Crippen LogP) is 1.19. The molecule has 3 nitrogen and oxygen atoms in total. The summed E-state index contributed by atoms with van der Waals surface area (Å²) in [4.78, 5) is 0. The van der Waals surface area contributed by atoms with Gasteiger partial charge in [0, 0.05) is 18.9 Å². The van der Waals surface area contributed by atoms with E-state index in [1.54, 1.807) is 0 Å². The number of hydrogen-bond donors (Lipinski definition) is 0. The van der Waals surface area contributed by atoms with Crippen molar-refractivity contribution < 1.29 is 13.9 Å². The van der Waals surface area contributed by atoms with E-state index >= 15 is 0 Å². The lowest BCUT2D eigenvalue weighted by molar-refractivity contribution is -0.0915. The lowest BCUT2D eigenvalue weighted by Gasteiger charge is -2.44. The summed E-state index contributed by atoms with van der Waals surface area (Å²) in [5, 5.41) is 1.37. The maximum absolute atomic E-state index is 5.90. The predicted molar refractivity (Wildman–Crippen MR) is 71.2 cm³/mol. The van der Waals surface area contributed by atoms with Gasteiger partial charge in [0.25, 0.3) is 0 Å². The lowest BCUT2D eigenvalue weighted by atomic mass is 9.91. The molecule has 0 saturated carbocycles. The van der Waals surface area contributed by atoms with E-state index in [9.17, 15) is 0 Å². The van der Waals surface area contributed by atoms with Crippen molar-refractivity contribution >= 4 is 14.2 Å². The van der Waals surface area contributed by atoms with E-state index in [0.717, 1.165) is 26.4 Å². The van der Waals surface area contributed by atoms with Crippen LogP contribution in [0.2, 0.25) is 5.54 Å². The molecule has 0 amide bonds. The van der Waals surface area contributed by atoms with E-state index in [4.69, 9.17) is 13.9 Å². The van der Waals surface area contributed by atoms with Crippen molar-refractivity contribution in [1.29, 1.82) is 0 Å². The van der Waals surface area contributed by atoms with Crippen molar-refractivity contribution in [3.8, 4) is 0 Å². The molecule has 0 bridgehead atoms. The van der Waals surface area contributed by atoms with Gasteiger partial charge in [0.1, 0.15) is 0 Å². The Balaban J connectivity index is 1.82. The molecule has 0 unspecified atom stereocenters. The van der Waals surface area contributed by atoms with Crippen molar-refractivity contribution in [1.82, 2.24) is 0 Å². The molecule has 2 heterocycles. The van der Waals surface area contributed by atoms with Gasteiger partial charge in [0.15, 0.2) is 0 Å². The van der Waals surface area contributed by atoms with Crippen LogP contribution < -0.4 is 5.19 Å². The Bertz CT molecular complexity index is 362. The fraction of sp³-hybridized carbons (Fsp3) is 0.571. The van der Waals surface area contributed by atoms with Gasteiger partial charge in [-0.3, -0.25) is 0 Å². The van der Waals surface area contributed by atoms with E-state index in [2.05, 4.69) is 30.3 Å². The average Bonchev–Trinajstić information content (AvgIpc) is 2.27. The molecule has 0 atom stereocenters. The maximum atomic E-state index is 5.90. The van der Waals surface area contributed by atoms with Crippen LogP contribution in [0.3, 0.4) is 0 Å². The minimum Gasteiger partial charge on any atom is -0.415 e. The minimum absolute atomic E-state index is 0.616. The van der Waals surface area contributed by atoms with Gasteiger partial charge in [-0.05, 0) is 10.7 Å². The van der Waals surface area contributed by atoms with Gasteiger partial charge in [-0.1, -0.05) is 30.3 Å². The zero-order chi connectivity index (χ0) is 12.4. The normalized spacial score (nSPS) is 21.1. The van der Waals surface area contributed by atoms with E-state index in [1.807, 2.05) is 7.11 Å². The Labute approximate surface area is 110 Å². The number of rotatable bonds is 5. The fourth-order valence-corrected chi connectivity index (χ4v) is 5.44. The third kappa shape index (κ3) is 2.25. The van der Waals surface area contributed by atoms with Crippen LogP contribution in [0.5, 0.6) is 0 Å². The quantitative estimate of drug-likeness (QED) is 0.747. The molecule has 2 aliphatic heterocycles. The molecule has 2 aliphatic rings. The van der Waals surface area contributed by atoms with Crippen LogP contribution in [-0.2, 0) is 13.9 Å². The van der Waals surface area contributed by atoms with Gasteiger partial charge in [0.05, 0.1) is 26.4 Å². The molecule has 2 saturated heterocycles. The minimum atomic E-state index is -0.980. The van der Waals surface area contributed by atoms with Crippen molar-refractivity contribution in [2.45, 2.75) is 5.54 Å². The second-order valence-corrected chi connectivity index (χ2v) is 7.44. The average molecular weight is 263 g/mol. The van der Waals surface area contributed by atoms with E-state index in [1.165, 1.54) is 5.19 Å². The summed E-state index contributed by atoms with van der Waals surface area (Å²) in [5.41, 5.74) is 0.616. The highest BCUT2D eigenvalue weighted by atomic mass is 28.3. The molecule has 0 spiro atoms. The maximum Gasteiger partial charge on any atom is 0.250 e. The third-order valence-corrected chi connectivity index (χ3v) is 6.81. The highest BCUT2D eigenvalue weighted by Gasteiger charge is 2.44. The van der Waals surface area contributed by atoms with Crippen molar-refractivity contribution in [3.05, 3.63) is 30.3 Å². The highest BCUT2D eigenvalue weighted by molar-refractivity contribution is 6.69. The Hall–Kier alpha value is -0.683. The molecule has 1 aromatic carbocycles. The first-order valence-corrected chi connectivity index (χ1v) is 8.00. The molecular formula is C14H19O3Si. The Morgan fingerprint density at radius 3 is 2.00 bits per heavy atom. The first-order valence-electron chi connectivity index (χ1n) is 6.52. The van der Waals surface area contributed by atoms with Gasteiger partial charge in [-0.15, -0.1) is 0 Å². The molecule has 1 radical (unpaired) electrons. The zero-order valence-electron chi connectivity index (χ0n) is 10.7. The largest absolute Gasteiger partial charge is 0.415 e. The van der Waals surface area contributed by atoms with Crippen molar-refractivity contribution in [2.75, 3.05) is 33.5 Å². The molecule has 0 aliphatic carbocycles. The molecule has 1 aromatic rings. The van der Waals surface area contributed by atoms with Crippen LogP contribution in [0.4, 0.5) is 0 Å². The summed E-state index contributed by atoms with van der Waals surface area (Å²) in [5.74, 6) is 1.32. The van der Waals surface area contributed by atoms with Crippen molar-refractivity contribution in [2.24, 2.45) is 11.8 Å². The van der Waals surface area contributed by atoms with Gasteiger partial charge in [0.2, 0.25) is 9.04 Å². The monoisotopic (exact) mass is 263 g/mol. The Morgan fingerprint density at radius 1 is 1.06 bits per heavy atom. The zero-order valence-corrected chi connectivity index (χ0v) is 11.7. The fourth-order valence-electron chi connectivity index (χ4n) is 2.78. The van der Waals surface area contributed by atoms with E-state index in [0.29, 0.717) is 17.4 Å². The molecule has 18 heavy (non-hydrogen) atoms. The van der Waals surface area contributed by atoms with E-state index < -0.39 is 9.04 Å². The Kier molecular flexibility index (Phi) is 3.79. The first-order chi connectivity index (χ1) is 8.90. The highest BCUT2D eigenvalue weighted by Crippen LogP contribution is 2.39. The lowest BCUT2D eigenvalue weighted by Crippen LogP contribution is -2.52. The smallest absolute Gasteiger partial charge is 0.250 e. The number of benzene rings is 1. The van der Waals surface area contributed by atoms with Gasteiger partial charge < -0.3 is 13.9 Å². The molecule has 0 aromatic heterocycles. The molecule has 2 fully saturated rings. The Morgan fingerprint density at radius 2 is 1.61 bits per heavy atom. The second kappa shape index (κ2) is 5.53. The summed E-state index contributed by atoms with van der Waals surface area (Å²) < 4.78 is 16.7. The number of ether oxygens (including phenoxy) is 2. The summed E-state index contributed by atoms with van der Waals surface area (Å²) in [6.45, 7) is 3.58. The molecule has 3 rings (SSSR count). The molecule has 97 valence electrons. The number of hydrogen-bond acceptors (Lipinski definition) is 3. The van der Waals surface area contributed by atoms with E-state index in [-0.39, 0.29) is 0 Å². The summed E-state index contributed by atoms with van der Waals surface area (Å²) in [6.07, 6.45) is 0. The summed E-state index contributed by atoms with van der Waals surface area (Å²) in [7, 11) is 0.875. The molecular weight excluding hydrogens is 244 g/mol. The SMILES string of the molecule is CO[Si](c1ccccc1)C(C1COC1)C1COC1. The third-order valence-electron chi connectivity index (χ3n) is 3.92. The second-order valence-electron chi connectivity index (χ2n) is 5.06. The standard InChI is InChI=1S/C14H19O3Si/c1-15-18(13-5-3-2-4-6-13)14(11-7-16-8-11)12-9-17-10-12/h2-6,11-12,14H,7-10H2,1H3. The van der Waals surface area contributed by atoms with Crippen LogP contribution in [0.25, 0.3) is 0 Å². The summed E-state index contributed by atoms with van der Waals surface area (Å²) in [6, 6.07) is 10.7. The van der Waals surface area contributed by atoms with Crippen LogP contribution in [0, 0.1) is 11.8 Å². The van der Waals surface area contributed by atoms with Gasteiger partial charge >= 0.3 is 0 Å². The van der Waals surface area contributed by atoms with Gasteiger partial charge in [-0.2, -0.15) is 0 Å². The topological polar surface area (TPSA) is 27.7 Å². The van der Waals surface area contributed by atoms with Crippen LogP contribution in [-0.4, -0.2) is 42.6 Å². The van der Waals surface area contributed by atoms with Crippen LogP contribution in [0.1, 0.15) is 0 Å². The molecule has 4 heteroatoms. The van der Waals surface area contributed by atoms with Crippen molar-refractivity contribution in [3.63, 3.8) is 0 Å². The first kappa shape index (κ1) is 12.4. The summed E-state index contributed by atoms with van der Waals surface area (Å²) >= 11 is 0.